The van der Waals surface area contributed by atoms with Crippen molar-refractivity contribution in [2.45, 2.75) is 32.2 Å². The third-order valence-electron chi connectivity index (χ3n) is 6.27. The molecule has 3 aromatic carbocycles. The van der Waals surface area contributed by atoms with E-state index in [4.69, 9.17) is 5.73 Å². The summed E-state index contributed by atoms with van der Waals surface area (Å²) in [6.07, 6.45) is 0.123. The third-order valence-corrected chi connectivity index (χ3v) is 6.27. The average Bonchev–Trinajstić information content (AvgIpc) is 3.16. The molecule has 1 fully saturated rings. The number of carbonyl (C=O) groups excluding carboxylic acids is 2. The number of rotatable bonds is 6. The molecule has 3 aromatic rings. The van der Waals surface area contributed by atoms with Crippen molar-refractivity contribution in [1.82, 2.24) is 0 Å². The van der Waals surface area contributed by atoms with Gasteiger partial charge in [0.25, 0.3) is 0 Å². The second-order valence-corrected chi connectivity index (χ2v) is 8.62. The summed E-state index contributed by atoms with van der Waals surface area (Å²) in [6, 6.07) is 25.6. The number of hydrogen-bond donors (Lipinski definition) is 1. The number of nitrogens with two attached hydrogens (primary N) is 1. The third kappa shape index (κ3) is 3.98. The summed E-state index contributed by atoms with van der Waals surface area (Å²) < 4.78 is 0. The lowest BCUT2D eigenvalue weighted by Gasteiger charge is -2.30. The van der Waals surface area contributed by atoms with Gasteiger partial charge in [0.1, 0.15) is 0 Å². The van der Waals surface area contributed by atoms with Gasteiger partial charge in [-0.15, -0.1) is 0 Å². The van der Waals surface area contributed by atoms with Gasteiger partial charge in [0, 0.05) is 30.5 Å². The summed E-state index contributed by atoms with van der Waals surface area (Å²) in [5, 5.41) is 0. The van der Waals surface area contributed by atoms with Crippen molar-refractivity contribution >= 4 is 28.9 Å². The molecule has 1 heterocycles. The van der Waals surface area contributed by atoms with E-state index in [9.17, 15) is 9.59 Å². The lowest BCUT2D eigenvalue weighted by molar-refractivity contribution is -0.124. The van der Waals surface area contributed by atoms with Gasteiger partial charge in [-0.25, -0.2) is 0 Å². The molecule has 0 bridgehead atoms. The van der Waals surface area contributed by atoms with E-state index in [1.54, 1.807) is 4.90 Å². The van der Waals surface area contributed by atoms with Gasteiger partial charge >= 0.3 is 0 Å². The molecule has 2 N–H and O–H groups in total. The fourth-order valence-corrected chi connectivity index (χ4v) is 4.55. The van der Waals surface area contributed by atoms with Crippen LogP contribution in [0.1, 0.15) is 43.4 Å². The Morgan fingerprint density at radius 1 is 0.938 bits per heavy atom. The van der Waals surface area contributed by atoms with Crippen LogP contribution in [0, 0.1) is 5.92 Å². The Balaban J connectivity index is 1.73. The van der Waals surface area contributed by atoms with Gasteiger partial charge in [-0.1, -0.05) is 62.4 Å². The molecule has 5 heteroatoms. The first-order chi connectivity index (χ1) is 15.4. The van der Waals surface area contributed by atoms with Crippen LogP contribution in [-0.4, -0.2) is 18.9 Å². The molecule has 2 amide bonds. The molecule has 2 unspecified atom stereocenters. The number of nitrogens with zero attached hydrogens (tertiary/aromatic N) is 2. The second-order valence-electron chi connectivity index (χ2n) is 8.62. The predicted octanol–water partition coefficient (Wildman–Crippen LogP) is 5.16. The number of benzene rings is 3. The highest BCUT2D eigenvalue weighted by Gasteiger charge is 2.45. The number of carbonyl (C=O) groups is 2. The minimum absolute atomic E-state index is 0.0719. The molecule has 32 heavy (non-hydrogen) atoms. The summed E-state index contributed by atoms with van der Waals surface area (Å²) in [5.41, 5.74) is 10.7. The molecular weight excluding hydrogens is 398 g/mol. The van der Waals surface area contributed by atoms with Crippen LogP contribution in [0.2, 0.25) is 0 Å². The van der Waals surface area contributed by atoms with Gasteiger partial charge in [0.2, 0.25) is 11.8 Å². The fourth-order valence-electron chi connectivity index (χ4n) is 4.55. The summed E-state index contributed by atoms with van der Waals surface area (Å²) >= 11 is 0. The largest absolute Gasteiger partial charge is 0.369 e. The molecule has 164 valence electrons. The molecule has 0 saturated carbocycles. The van der Waals surface area contributed by atoms with Gasteiger partial charge in [-0.2, -0.15) is 0 Å². The van der Waals surface area contributed by atoms with Crippen molar-refractivity contribution in [3.63, 3.8) is 0 Å². The predicted molar refractivity (Wildman–Crippen MR) is 129 cm³/mol. The van der Waals surface area contributed by atoms with E-state index in [2.05, 4.69) is 30.9 Å². The standard InChI is InChI=1S/C27H29N3O2/c1-18(2)22-11-7-8-12-24(22)30-25(31)17-23(27(28)32)26(30)19-13-15-21(16-14-19)29(3)20-9-5-4-6-10-20/h4-16,18,23,26H,17H2,1-3H3,(H2,28,32). The Hall–Kier alpha value is -3.60. The minimum atomic E-state index is -0.569. The first-order valence-electron chi connectivity index (χ1n) is 11.0. The first kappa shape index (κ1) is 21.6. The Morgan fingerprint density at radius 3 is 2.16 bits per heavy atom. The molecule has 0 aromatic heterocycles. The molecule has 5 nitrogen and oxygen atoms in total. The van der Waals surface area contributed by atoms with Crippen LogP contribution in [0.4, 0.5) is 17.1 Å². The monoisotopic (exact) mass is 427 g/mol. The van der Waals surface area contributed by atoms with E-state index in [1.807, 2.05) is 73.8 Å². The normalized spacial score (nSPS) is 18.2. The minimum Gasteiger partial charge on any atom is -0.369 e. The fraction of sp³-hybridized carbons (Fsp3) is 0.259. The average molecular weight is 428 g/mol. The summed E-state index contributed by atoms with van der Waals surface area (Å²) in [5.74, 6) is -0.842. The maximum absolute atomic E-state index is 13.1. The highest BCUT2D eigenvalue weighted by atomic mass is 16.2. The van der Waals surface area contributed by atoms with Gasteiger partial charge in [-0.3, -0.25) is 9.59 Å². The van der Waals surface area contributed by atoms with Gasteiger partial charge in [0.15, 0.2) is 0 Å². The SMILES string of the molecule is CC(C)c1ccccc1N1C(=O)CC(C(N)=O)C1c1ccc(N(C)c2ccccc2)cc1. The molecular formula is C27H29N3O2. The summed E-state index contributed by atoms with van der Waals surface area (Å²) in [7, 11) is 2.01. The molecule has 1 saturated heterocycles. The lowest BCUT2D eigenvalue weighted by atomic mass is 9.92. The zero-order chi connectivity index (χ0) is 22.8. The molecule has 2 atom stereocenters. The molecule has 1 aliphatic heterocycles. The van der Waals surface area contributed by atoms with Crippen molar-refractivity contribution in [2.75, 3.05) is 16.8 Å². The van der Waals surface area contributed by atoms with Crippen LogP contribution in [0.3, 0.4) is 0 Å². The van der Waals surface area contributed by atoms with Crippen LogP contribution in [-0.2, 0) is 9.59 Å². The molecule has 1 aliphatic rings. The number of anilines is 3. The van der Waals surface area contributed by atoms with E-state index in [1.165, 1.54) is 0 Å². The highest BCUT2D eigenvalue weighted by molar-refractivity contribution is 6.02. The van der Waals surface area contributed by atoms with Crippen LogP contribution < -0.4 is 15.5 Å². The smallest absolute Gasteiger partial charge is 0.228 e. The van der Waals surface area contributed by atoms with E-state index >= 15 is 0 Å². The molecule has 0 radical (unpaired) electrons. The van der Waals surface area contributed by atoms with Crippen molar-refractivity contribution in [3.05, 3.63) is 90.0 Å². The zero-order valence-electron chi connectivity index (χ0n) is 18.7. The summed E-state index contributed by atoms with van der Waals surface area (Å²) in [4.78, 5) is 29.3. The molecule has 0 spiro atoms. The number of hydrogen-bond acceptors (Lipinski definition) is 3. The Bertz CT molecular complexity index is 1110. The quantitative estimate of drug-likeness (QED) is 0.591. The van der Waals surface area contributed by atoms with Crippen molar-refractivity contribution < 1.29 is 9.59 Å². The van der Waals surface area contributed by atoms with Gasteiger partial charge in [-0.05, 0) is 47.4 Å². The Morgan fingerprint density at radius 2 is 1.53 bits per heavy atom. The molecule has 4 rings (SSSR count). The Kier molecular flexibility index (Phi) is 5.99. The van der Waals surface area contributed by atoms with Crippen LogP contribution in [0.5, 0.6) is 0 Å². The number of primary amides is 1. The molecule has 0 aliphatic carbocycles. The van der Waals surface area contributed by atoms with E-state index in [-0.39, 0.29) is 18.2 Å². The first-order valence-corrected chi connectivity index (χ1v) is 11.0. The highest BCUT2D eigenvalue weighted by Crippen LogP contribution is 2.44. The van der Waals surface area contributed by atoms with Crippen molar-refractivity contribution in [3.8, 4) is 0 Å². The van der Waals surface area contributed by atoms with Crippen LogP contribution in [0.25, 0.3) is 0 Å². The van der Waals surface area contributed by atoms with Crippen LogP contribution >= 0.6 is 0 Å². The topological polar surface area (TPSA) is 66.6 Å². The van der Waals surface area contributed by atoms with Crippen molar-refractivity contribution in [2.24, 2.45) is 11.7 Å². The maximum Gasteiger partial charge on any atom is 0.228 e. The van der Waals surface area contributed by atoms with Crippen molar-refractivity contribution in [1.29, 1.82) is 0 Å². The van der Waals surface area contributed by atoms with E-state index in [0.29, 0.717) is 0 Å². The number of para-hydroxylation sites is 2. The van der Waals surface area contributed by atoms with Gasteiger partial charge in [0.05, 0.1) is 12.0 Å². The lowest BCUT2D eigenvalue weighted by Crippen LogP contribution is -2.33. The Labute approximate surface area is 189 Å². The zero-order valence-corrected chi connectivity index (χ0v) is 18.7. The number of amides is 2. The maximum atomic E-state index is 13.1. The summed E-state index contributed by atoms with van der Waals surface area (Å²) in [6.45, 7) is 4.21. The second kappa shape index (κ2) is 8.87. The van der Waals surface area contributed by atoms with E-state index < -0.39 is 17.9 Å². The van der Waals surface area contributed by atoms with Crippen LogP contribution in [0.15, 0.2) is 78.9 Å². The van der Waals surface area contributed by atoms with Gasteiger partial charge < -0.3 is 15.5 Å². The van der Waals surface area contributed by atoms with E-state index in [0.717, 1.165) is 28.2 Å².